The van der Waals surface area contributed by atoms with Crippen LogP contribution in [0, 0.1) is 10.1 Å². The Bertz CT molecular complexity index is 920. The van der Waals surface area contributed by atoms with Crippen molar-refractivity contribution in [2.24, 2.45) is 0 Å². The number of nitro benzene ring substituents is 1. The lowest BCUT2D eigenvalue weighted by atomic mass is 9.93. The first-order valence-corrected chi connectivity index (χ1v) is 9.81. The van der Waals surface area contributed by atoms with E-state index in [1.165, 1.54) is 12.1 Å². The number of nitro groups is 1. The van der Waals surface area contributed by atoms with Crippen LogP contribution < -0.4 is 9.64 Å². The zero-order chi connectivity index (χ0) is 21.0. The Hall–Kier alpha value is -2.49. The van der Waals surface area contributed by atoms with Gasteiger partial charge in [0.15, 0.2) is 12.5 Å². The number of carbonyl (C=O) groups excluding carboxylic acids is 1. The number of ether oxygens (including phenoxy) is 3. The van der Waals surface area contributed by atoms with Gasteiger partial charge >= 0.3 is 5.69 Å². The highest BCUT2D eigenvalue weighted by molar-refractivity contribution is 9.10. The minimum Gasteiger partial charge on any atom is -0.460 e. The average Bonchev–Trinajstić information content (AvgIpc) is 2.68. The van der Waals surface area contributed by atoms with E-state index >= 15 is 0 Å². The van der Waals surface area contributed by atoms with Gasteiger partial charge in [0.2, 0.25) is 0 Å². The van der Waals surface area contributed by atoms with E-state index in [2.05, 4.69) is 15.9 Å². The van der Waals surface area contributed by atoms with Crippen molar-refractivity contribution < 1.29 is 23.9 Å². The molecule has 1 aliphatic heterocycles. The summed E-state index contributed by atoms with van der Waals surface area (Å²) in [6.45, 7) is 2.50. The van der Waals surface area contributed by atoms with Crippen LogP contribution >= 0.6 is 15.9 Å². The summed E-state index contributed by atoms with van der Waals surface area (Å²) in [7, 11) is 1.55. The summed E-state index contributed by atoms with van der Waals surface area (Å²) in [4.78, 5) is 25.7. The summed E-state index contributed by atoms with van der Waals surface area (Å²) >= 11 is 3.43. The number of fused-ring (bicyclic) bond motifs is 1. The summed E-state index contributed by atoms with van der Waals surface area (Å²) in [6, 6.07) is 9.87. The first kappa shape index (κ1) is 21.2. The molecule has 9 heteroatoms. The Morgan fingerprint density at radius 2 is 2.03 bits per heavy atom. The summed E-state index contributed by atoms with van der Waals surface area (Å²) in [5, 5.41) is 11.5. The zero-order valence-corrected chi connectivity index (χ0v) is 17.7. The molecular weight excluding hydrogens is 444 g/mol. The van der Waals surface area contributed by atoms with Crippen molar-refractivity contribution in [2.75, 3.05) is 32.0 Å². The number of benzene rings is 2. The molecule has 0 N–H and O–H groups in total. The second kappa shape index (κ2) is 9.34. The maximum atomic E-state index is 13.1. The molecule has 2 aromatic rings. The topological polar surface area (TPSA) is 91.1 Å². The molecule has 0 aromatic heterocycles. The lowest BCUT2D eigenvalue weighted by molar-refractivity contribution is -0.386. The highest BCUT2D eigenvalue weighted by Gasteiger charge is 2.32. The van der Waals surface area contributed by atoms with Crippen LogP contribution in [-0.2, 0) is 15.9 Å². The van der Waals surface area contributed by atoms with Gasteiger partial charge in [0, 0.05) is 29.3 Å². The molecule has 154 valence electrons. The number of amides is 1. The molecule has 1 aliphatic rings. The summed E-state index contributed by atoms with van der Waals surface area (Å²) in [6.07, 6.45) is 0.653. The van der Waals surface area contributed by atoms with E-state index in [-0.39, 0.29) is 30.2 Å². The van der Waals surface area contributed by atoms with Crippen LogP contribution in [0.1, 0.15) is 22.8 Å². The largest absolute Gasteiger partial charge is 0.460 e. The van der Waals surface area contributed by atoms with Gasteiger partial charge in [0.1, 0.15) is 0 Å². The maximum Gasteiger partial charge on any atom is 0.313 e. The van der Waals surface area contributed by atoms with E-state index in [1.54, 1.807) is 24.1 Å². The summed E-state index contributed by atoms with van der Waals surface area (Å²) in [5.41, 5.74) is 1.78. The molecule has 0 radical (unpaired) electrons. The molecule has 1 unspecified atom stereocenters. The van der Waals surface area contributed by atoms with Crippen LogP contribution in [0.2, 0.25) is 0 Å². The Kier molecular flexibility index (Phi) is 6.83. The maximum absolute atomic E-state index is 13.1. The first-order valence-electron chi connectivity index (χ1n) is 9.02. The van der Waals surface area contributed by atoms with E-state index in [0.717, 1.165) is 10.0 Å². The van der Waals surface area contributed by atoms with Gasteiger partial charge in [-0.25, -0.2) is 0 Å². The summed E-state index contributed by atoms with van der Waals surface area (Å²) < 4.78 is 16.4. The van der Waals surface area contributed by atoms with Crippen LogP contribution in [0.25, 0.3) is 0 Å². The highest BCUT2D eigenvalue weighted by atomic mass is 79.9. The molecule has 0 aliphatic carbocycles. The number of methoxy groups -OCH3 is 1. The summed E-state index contributed by atoms with van der Waals surface area (Å²) in [5.74, 6) is -0.102. The first-order chi connectivity index (χ1) is 13.9. The molecule has 1 amide bonds. The van der Waals surface area contributed by atoms with Gasteiger partial charge in [-0.05, 0) is 49.2 Å². The van der Waals surface area contributed by atoms with Crippen LogP contribution in [0.3, 0.4) is 0 Å². The minimum absolute atomic E-state index is 0.0811. The predicted octanol–water partition coefficient (Wildman–Crippen LogP) is 3.95. The van der Waals surface area contributed by atoms with E-state index in [4.69, 9.17) is 14.2 Å². The van der Waals surface area contributed by atoms with Crippen molar-refractivity contribution in [3.63, 3.8) is 0 Å². The number of hydrogen-bond donors (Lipinski definition) is 0. The van der Waals surface area contributed by atoms with Gasteiger partial charge in [0.25, 0.3) is 5.91 Å². The third kappa shape index (κ3) is 4.75. The van der Waals surface area contributed by atoms with Crippen molar-refractivity contribution in [2.45, 2.75) is 19.4 Å². The van der Waals surface area contributed by atoms with Crippen molar-refractivity contribution in [1.29, 1.82) is 0 Å². The van der Waals surface area contributed by atoms with Gasteiger partial charge in [0.05, 0.1) is 23.8 Å². The van der Waals surface area contributed by atoms with Gasteiger partial charge in [-0.1, -0.05) is 15.9 Å². The van der Waals surface area contributed by atoms with E-state index in [0.29, 0.717) is 30.9 Å². The molecule has 29 heavy (non-hydrogen) atoms. The van der Waals surface area contributed by atoms with Crippen molar-refractivity contribution in [3.8, 4) is 5.75 Å². The number of nitrogens with zero attached hydrogens (tertiary/aromatic N) is 2. The van der Waals surface area contributed by atoms with Crippen LogP contribution in [-0.4, -0.2) is 44.0 Å². The molecule has 8 nitrogen and oxygen atoms in total. The fourth-order valence-corrected chi connectivity index (χ4v) is 3.69. The molecule has 1 atom stereocenters. The van der Waals surface area contributed by atoms with Crippen LogP contribution in [0.15, 0.2) is 40.9 Å². The number of anilines is 1. The number of halogens is 1. The molecule has 0 saturated carbocycles. The Morgan fingerprint density at radius 1 is 1.24 bits per heavy atom. The number of rotatable bonds is 8. The lowest BCUT2D eigenvalue weighted by Crippen LogP contribution is -2.44. The second-order valence-electron chi connectivity index (χ2n) is 6.60. The molecule has 3 rings (SSSR count). The third-order valence-electron chi connectivity index (χ3n) is 4.62. The van der Waals surface area contributed by atoms with Gasteiger partial charge < -0.3 is 19.1 Å². The molecule has 1 heterocycles. The number of hydrogen-bond acceptors (Lipinski definition) is 6. The van der Waals surface area contributed by atoms with Gasteiger partial charge in [-0.3, -0.25) is 14.9 Å². The monoisotopic (exact) mass is 464 g/mol. The Morgan fingerprint density at radius 3 is 2.76 bits per heavy atom. The fourth-order valence-electron chi connectivity index (χ4n) is 3.28. The van der Waals surface area contributed by atoms with Crippen LogP contribution in [0.5, 0.6) is 5.75 Å². The second-order valence-corrected chi connectivity index (χ2v) is 7.52. The van der Waals surface area contributed by atoms with Crippen molar-refractivity contribution in [3.05, 3.63) is 62.1 Å². The lowest BCUT2D eigenvalue weighted by Gasteiger charge is -2.34. The fraction of sp³-hybridized carbons (Fsp3) is 0.350. The zero-order valence-electron chi connectivity index (χ0n) is 16.1. The molecule has 0 spiro atoms. The normalized spacial score (nSPS) is 15.9. The Labute approximate surface area is 176 Å². The standard InChI is InChI=1S/C20H21BrN2O6/c1-13-9-14-10-15(21)3-5-17(14)20(24)22(13)16-4-6-19(18(11-16)23(25)26)29-12-28-8-7-27-2/h3-6,10-11,13H,7-9,12H2,1-2H3. The average molecular weight is 465 g/mol. The predicted molar refractivity (Wildman–Crippen MR) is 111 cm³/mol. The quantitative estimate of drug-likeness (QED) is 0.254. The highest BCUT2D eigenvalue weighted by Crippen LogP contribution is 2.35. The molecule has 2 aromatic carbocycles. The van der Waals surface area contributed by atoms with Gasteiger partial charge in [-0.2, -0.15) is 0 Å². The van der Waals surface area contributed by atoms with E-state index in [1.807, 2.05) is 19.1 Å². The van der Waals surface area contributed by atoms with E-state index < -0.39 is 4.92 Å². The molecular formula is C20H21BrN2O6. The van der Waals surface area contributed by atoms with Crippen LogP contribution in [0.4, 0.5) is 11.4 Å². The van der Waals surface area contributed by atoms with Gasteiger partial charge in [-0.15, -0.1) is 0 Å². The van der Waals surface area contributed by atoms with Crippen molar-refractivity contribution in [1.82, 2.24) is 0 Å². The minimum atomic E-state index is -0.530. The van der Waals surface area contributed by atoms with Crippen molar-refractivity contribution >= 4 is 33.2 Å². The molecule has 0 bridgehead atoms. The Balaban J connectivity index is 1.85. The number of carbonyl (C=O) groups is 1. The third-order valence-corrected chi connectivity index (χ3v) is 5.11. The van der Waals surface area contributed by atoms with E-state index in [9.17, 15) is 14.9 Å². The SMILES string of the molecule is COCCOCOc1ccc(N2C(=O)c3ccc(Br)cc3CC2C)cc1[N+](=O)[O-]. The smallest absolute Gasteiger partial charge is 0.313 e. The molecule has 0 saturated heterocycles. The molecule has 0 fully saturated rings.